The van der Waals surface area contributed by atoms with E-state index in [-0.39, 0.29) is 22.5 Å². The largest absolute Gasteiger partial charge is 0.375 e. The second-order valence-electron chi connectivity index (χ2n) is 7.48. The SMILES string of the molecule is CC1=Nc2c(c(=O)[nH]n2[C@@H]2CCOC(C)(C)C2)[C@@H](c2ccc(Cl)cc2)S1. The zero-order chi connectivity index (χ0) is 18.5. The number of hydrogen-bond acceptors (Lipinski definition) is 4. The number of benzene rings is 1. The molecule has 3 heterocycles. The van der Waals surface area contributed by atoms with Crippen LogP contribution in [0, 0.1) is 0 Å². The van der Waals surface area contributed by atoms with E-state index < -0.39 is 0 Å². The van der Waals surface area contributed by atoms with Gasteiger partial charge in [-0.2, -0.15) is 0 Å². The standard InChI is InChI=1S/C19H22ClN3O2S/c1-11-21-17-15(16(26-11)12-4-6-13(20)7-5-12)18(24)22-23(17)14-8-9-25-19(2,3)10-14/h4-7,14,16H,8-10H2,1-3H3,(H,22,24)/t14-,16-/m1/s1. The number of nitrogens with zero attached hydrogens (tertiary/aromatic N) is 2. The molecule has 1 fully saturated rings. The zero-order valence-electron chi connectivity index (χ0n) is 15.1. The van der Waals surface area contributed by atoms with Gasteiger partial charge in [0.1, 0.15) is 0 Å². The summed E-state index contributed by atoms with van der Waals surface area (Å²) >= 11 is 7.64. The van der Waals surface area contributed by atoms with Gasteiger partial charge in [0.05, 0.1) is 27.5 Å². The van der Waals surface area contributed by atoms with Gasteiger partial charge in [0.2, 0.25) is 0 Å². The maximum atomic E-state index is 12.8. The van der Waals surface area contributed by atoms with E-state index >= 15 is 0 Å². The van der Waals surface area contributed by atoms with Crippen LogP contribution in [0.5, 0.6) is 0 Å². The van der Waals surface area contributed by atoms with E-state index in [0.29, 0.717) is 11.6 Å². The summed E-state index contributed by atoms with van der Waals surface area (Å²) in [5, 5.41) is 4.63. The van der Waals surface area contributed by atoms with Gasteiger partial charge in [0.25, 0.3) is 5.56 Å². The van der Waals surface area contributed by atoms with Crippen molar-refractivity contribution in [2.45, 2.75) is 50.5 Å². The van der Waals surface area contributed by atoms with Gasteiger partial charge in [-0.3, -0.25) is 14.6 Å². The van der Waals surface area contributed by atoms with Crippen molar-refractivity contribution in [2.75, 3.05) is 6.61 Å². The normalized spacial score (nSPS) is 24.8. The van der Waals surface area contributed by atoms with Crippen LogP contribution in [0.1, 0.15) is 56.0 Å². The lowest BCUT2D eigenvalue weighted by molar-refractivity contribution is -0.0705. The van der Waals surface area contributed by atoms with Gasteiger partial charge in [0, 0.05) is 11.6 Å². The first-order valence-electron chi connectivity index (χ1n) is 8.80. The summed E-state index contributed by atoms with van der Waals surface area (Å²) in [6.07, 6.45) is 1.71. The van der Waals surface area contributed by atoms with Crippen molar-refractivity contribution in [3.8, 4) is 0 Å². The fourth-order valence-electron chi connectivity index (χ4n) is 3.77. The van der Waals surface area contributed by atoms with Crippen molar-refractivity contribution < 1.29 is 4.74 Å². The Kier molecular flexibility index (Phi) is 4.53. The Labute approximate surface area is 161 Å². The molecule has 0 unspecified atom stereocenters. The number of ether oxygens (including phenoxy) is 1. The minimum absolute atomic E-state index is 0.0620. The van der Waals surface area contributed by atoms with Crippen LogP contribution in [0.15, 0.2) is 34.1 Å². The first kappa shape index (κ1) is 17.9. The number of fused-ring (bicyclic) bond motifs is 1. The van der Waals surface area contributed by atoms with Gasteiger partial charge >= 0.3 is 0 Å². The summed E-state index contributed by atoms with van der Waals surface area (Å²) in [6, 6.07) is 7.88. The average Bonchev–Trinajstić information content (AvgIpc) is 2.91. The molecule has 1 N–H and O–H groups in total. The summed E-state index contributed by atoms with van der Waals surface area (Å²) in [7, 11) is 0. The average molecular weight is 392 g/mol. The number of nitrogens with one attached hydrogen (secondary N) is 1. The molecule has 0 bridgehead atoms. The number of aliphatic imine (C=N–C) groups is 1. The van der Waals surface area contributed by atoms with Gasteiger partial charge < -0.3 is 4.74 Å². The molecule has 1 saturated heterocycles. The fraction of sp³-hybridized carbons (Fsp3) is 0.474. The molecule has 0 radical (unpaired) electrons. The lowest BCUT2D eigenvalue weighted by Crippen LogP contribution is -2.35. The molecule has 2 aromatic rings. The predicted octanol–water partition coefficient (Wildman–Crippen LogP) is 4.85. The van der Waals surface area contributed by atoms with Crippen LogP contribution in [-0.2, 0) is 4.74 Å². The third-order valence-electron chi connectivity index (χ3n) is 4.96. The number of rotatable bonds is 2. The number of hydrogen-bond donors (Lipinski definition) is 1. The fourth-order valence-corrected chi connectivity index (χ4v) is 5.00. The highest BCUT2D eigenvalue weighted by Gasteiger charge is 2.35. The number of aromatic amines is 1. The van der Waals surface area contributed by atoms with E-state index in [9.17, 15) is 4.79 Å². The first-order valence-corrected chi connectivity index (χ1v) is 10.1. The Hall–Kier alpha value is -1.50. The molecule has 0 aliphatic carbocycles. The summed E-state index contributed by atoms with van der Waals surface area (Å²) < 4.78 is 7.80. The molecule has 1 aromatic carbocycles. The number of H-pyrrole nitrogens is 1. The molecule has 7 heteroatoms. The van der Waals surface area contributed by atoms with Crippen LogP contribution < -0.4 is 5.56 Å². The Morgan fingerprint density at radius 2 is 2.08 bits per heavy atom. The van der Waals surface area contributed by atoms with Gasteiger partial charge in [-0.15, -0.1) is 0 Å². The lowest BCUT2D eigenvalue weighted by atomic mass is 9.94. The molecule has 2 aliphatic rings. The number of aromatic nitrogens is 2. The monoisotopic (exact) mass is 391 g/mol. The molecular weight excluding hydrogens is 370 g/mol. The second kappa shape index (κ2) is 6.59. The summed E-state index contributed by atoms with van der Waals surface area (Å²) in [6.45, 7) is 6.86. The summed E-state index contributed by atoms with van der Waals surface area (Å²) in [5.74, 6) is 0.758. The van der Waals surface area contributed by atoms with Gasteiger partial charge in [-0.25, -0.2) is 4.99 Å². The molecule has 2 aliphatic heterocycles. The van der Waals surface area contributed by atoms with E-state index in [1.807, 2.05) is 35.9 Å². The van der Waals surface area contributed by atoms with Gasteiger partial charge in [-0.05, 0) is 51.3 Å². The van der Waals surface area contributed by atoms with Crippen molar-refractivity contribution in [3.05, 3.63) is 50.8 Å². The Bertz CT molecular complexity index is 914. The van der Waals surface area contributed by atoms with Crippen molar-refractivity contribution >= 4 is 34.2 Å². The third-order valence-corrected chi connectivity index (χ3v) is 6.39. The second-order valence-corrected chi connectivity index (χ2v) is 9.22. The topological polar surface area (TPSA) is 59.4 Å². The van der Waals surface area contributed by atoms with Crippen LogP contribution in [0.25, 0.3) is 0 Å². The molecular formula is C19H22ClN3O2S. The highest BCUT2D eigenvalue weighted by atomic mass is 35.5. The predicted molar refractivity (Wildman–Crippen MR) is 107 cm³/mol. The van der Waals surface area contributed by atoms with E-state index in [0.717, 1.165) is 34.8 Å². The molecule has 0 saturated carbocycles. The van der Waals surface area contributed by atoms with Gasteiger partial charge in [0.15, 0.2) is 5.82 Å². The maximum absolute atomic E-state index is 12.8. The molecule has 2 atom stereocenters. The Morgan fingerprint density at radius 3 is 2.77 bits per heavy atom. The lowest BCUT2D eigenvalue weighted by Gasteiger charge is -2.36. The van der Waals surface area contributed by atoms with Crippen LogP contribution in [-0.4, -0.2) is 27.0 Å². The van der Waals surface area contributed by atoms with Gasteiger partial charge in [-0.1, -0.05) is 35.5 Å². The molecule has 4 rings (SSSR count). The van der Waals surface area contributed by atoms with Crippen molar-refractivity contribution in [1.29, 1.82) is 0 Å². The highest BCUT2D eigenvalue weighted by molar-refractivity contribution is 8.14. The maximum Gasteiger partial charge on any atom is 0.271 e. The highest BCUT2D eigenvalue weighted by Crippen LogP contribution is 2.45. The van der Waals surface area contributed by atoms with Crippen LogP contribution in [0.4, 0.5) is 5.82 Å². The Morgan fingerprint density at radius 1 is 1.35 bits per heavy atom. The minimum Gasteiger partial charge on any atom is -0.375 e. The molecule has 26 heavy (non-hydrogen) atoms. The number of thioether (sulfide) groups is 1. The molecule has 1 aromatic heterocycles. The van der Waals surface area contributed by atoms with Crippen LogP contribution in [0.3, 0.4) is 0 Å². The molecule has 0 amide bonds. The number of halogens is 1. The molecule has 0 spiro atoms. The van der Waals surface area contributed by atoms with E-state index in [1.54, 1.807) is 11.8 Å². The molecule has 5 nitrogen and oxygen atoms in total. The van der Waals surface area contributed by atoms with Crippen LogP contribution in [0.2, 0.25) is 5.02 Å². The van der Waals surface area contributed by atoms with Crippen molar-refractivity contribution in [3.63, 3.8) is 0 Å². The van der Waals surface area contributed by atoms with Crippen LogP contribution >= 0.6 is 23.4 Å². The zero-order valence-corrected chi connectivity index (χ0v) is 16.7. The van der Waals surface area contributed by atoms with E-state index in [2.05, 4.69) is 18.9 Å². The summed E-state index contributed by atoms with van der Waals surface area (Å²) in [4.78, 5) is 17.6. The van der Waals surface area contributed by atoms with E-state index in [1.165, 1.54) is 0 Å². The first-order chi connectivity index (χ1) is 12.3. The quantitative estimate of drug-likeness (QED) is 0.796. The minimum atomic E-state index is -0.200. The van der Waals surface area contributed by atoms with E-state index in [4.69, 9.17) is 21.3 Å². The smallest absolute Gasteiger partial charge is 0.271 e. The van der Waals surface area contributed by atoms with Crippen molar-refractivity contribution in [1.82, 2.24) is 9.78 Å². The third kappa shape index (κ3) is 3.26. The Balaban J connectivity index is 1.79. The molecule has 138 valence electrons. The summed E-state index contributed by atoms with van der Waals surface area (Å²) in [5.41, 5.74) is 1.53. The van der Waals surface area contributed by atoms with Crippen molar-refractivity contribution in [2.24, 2.45) is 4.99 Å².